The first-order valence-electron chi connectivity index (χ1n) is 4.76. The standard InChI is InChI=1S/C11H11ClN2O.ClH/c12-8-1-2-9-10(14-5-6-15)3-4-13-11(9)7-8;/h1-4,7,15H,5-6H2,(H,13,14);1H. The highest BCUT2D eigenvalue weighted by atomic mass is 35.5. The number of H-pyrrole nitrogens is 1. The van der Waals surface area contributed by atoms with Crippen LogP contribution in [-0.2, 0) is 0 Å². The molecular formula is C11H12Cl2N2O. The molecule has 0 amide bonds. The summed E-state index contributed by atoms with van der Waals surface area (Å²) in [5, 5.41) is 13.7. The average Bonchev–Trinajstić information content (AvgIpc) is 2.25. The van der Waals surface area contributed by atoms with Crippen LogP contribution < -0.4 is 22.7 Å². The number of aromatic nitrogens is 1. The Morgan fingerprint density at radius 1 is 1.31 bits per heavy atom. The second kappa shape index (κ2) is 5.89. The van der Waals surface area contributed by atoms with E-state index in [0.29, 0.717) is 11.6 Å². The van der Waals surface area contributed by atoms with Gasteiger partial charge in [-0.15, -0.1) is 0 Å². The van der Waals surface area contributed by atoms with Gasteiger partial charge in [-0.05, 0) is 12.1 Å². The number of aliphatic hydroxyl groups is 1. The van der Waals surface area contributed by atoms with Gasteiger partial charge in [0.05, 0.1) is 17.7 Å². The molecule has 86 valence electrons. The maximum atomic E-state index is 8.75. The fourth-order valence-electron chi connectivity index (χ4n) is 1.52. The number of anilines is 1. The zero-order chi connectivity index (χ0) is 10.7. The van der Waals surface area contributed by atoms with Crippen molar-refractivity contribution >= 4 is 28.2 Å². The molecule has 16 heavy (non-hydrogen) atoms. The lowest BCUT2D eigenvalue weighted by Crippen LogP contribution is -3.00. The van der Waals surface area contributed by atoms with Gasteiger partial charge < -0.3 is 22.8 Å². The number of hydrogen-bond acceptors (Lipinski definition) is 2. The van der Waals surface area contributed by atoms with Crippen molar-refractivity contribution in [1.29, 1.82) is 0 Å². The van der Waals surface area contributed by atoms with Crippen molar-refractivity contribution in [3.05, 3.63) is 35.5 Å². The number of aromatic amines is 1. The lowest BCUT2D eigenvalue weighted by atomic mass is 10.2. The molecule has 2 rings (SSSR count). The first-order valence-corrected chi connectivity index (χ1v) is 5.14. The molecule has 0 atom stereocenters. The summed E-state index contributed by atoms with van der Waals surface area (Å²) in [6, 6.07) is 7.61. The minimum Gasteiger partial charge on any atom is -1.00 e. The van der Waals surface area contributed by atoms with Crippen LogP contribution in [0.4, 0.5) is 5.69 Å². The Morgan fingerprint density at radius 2 is 2.12 bits per heavy atom. The van der Waals surface area contributed by atoms with E-state index in [2.05, 4.69) is 10.3 Å². The molecule has 0 unspecified atom stereocenters. The minimum atomic E-state index is 0. The molecule has 0 spiro atoms. The Morgan fingerprint density at radius 3 is 2.88 bits per heavy atom. The van der Waals surface area contributed by atoms with Crippen LogP contribution in [0.25, 0.3) is 10.9 Å². The fourth-order valence-corrected chi connectivity index (χ4v) is 1.69. The van der Waals surface area contributed by atoms with Crippen molar-refractivity contribution in [3.8, 4) is 0 Å². The lowest BCUT2D eigenvalue weighted by molar-refractivity contribution is -0.344. The highest BCUT2D eigenvalue weighted by molar-refractivity contribution is 6.31. The SMILES string of the molecule is OCCNc1cc[nH+]c2cc(Cl)ccc12.[Cl-]. The van der Waals surface area contributed by atoms with Crippen molar-refractivity contribution in [3.63, 3.8) is 0 Å². The molecule has 5 heteroatoms. The summed E-state index contributed by atoms with van der Waals surface area (Å²) < 4.78 is 0. The largest absolute Gasteiger partial charge is 1.00 e. The van der Waals surface area contributed by atoms with Gasteiger partial charge in [-0.2, -0.15) is 0 Å². The van der Waals surface area contributed by atoms with Crippen molar-refractivity contribution in [2.75, 3.05) is 18.5 Å². The Labute approximate surface area is 105 Å². The van der Waals surface area contributed by atoms with Crippen LogP contribution in [0, 0.1) is 0 Å². The molecule has 3 N–H and O–H groups in total. The van der Waals surface area contributed by atoms with Gasteiger partial charge in [0.2, 0.25) is 5.52 Å². The molecule has 0 aliphatic heterocycles. The maximum absolute atomic E-state index is 8.75. The third kappa shape index (κ3) is 2.76. The Kier molecular flexibility index (Phi) is 4.80. The van der Waals surface area contributed by atoms with Crippen molar-refractivity contribution in [2.45, 2.75) is 0 Å². The van der Waals surface area contributed by atoms with Crippen molar-refractivity contribution in [2.24, 2.45) is 0 Å². The molecule has 0 radical (unpaired) electrons. The van der Waals surface area contributed by atoms with E-state index in [1.807, 2.05) is 30.5 Å². The number of rotatable bonds is 3. The number of nitrogens with one attached hydrogen (secondary N) is 2. The highest BCUT2D eigenvalue weighted by Crippen LogP contribution is 2.22. The minimum absolute atomic E-state index is 0. The third-order valence-electron chi connectivity index (χ3n) is 2.19. The van der Waals surface area contributed by atoms with E-state index in [9.17, 15) is 0 Å². The molecule has 0 fully saturated rings. The molecule has 0 aliphatic carbocycles. The van der Waals surface area contributed by atoms with Gasteiger partial charge in [0.1, 0.15) is 0 Å². The number of benzene rings is 1. The molecule has 0 saturated heterocycles. The molecule has 3 nitrogen and oxygen atoms in total. The van der Waals surface area contributed by atoms with E-state index in [1.165, 1.54) is 0 Å². The van der Waals surface area contributed by atoms with Crippen LogP contribution in [0.1, 0.15) is 0 Å². The second-order valence-electron chi connectivity index (χ2n) is 3.23. The second-order valence-corrected chi connectivity index (χ2v) is 3.67. The van der Waals surface area contributed by atoms with E-state index in [1.54, 1.807) is 0 Å². The molecule has 0 aliphatic rings. The smallest absolute Gasteiger partial charge is 0.214 e. The van der Waals surface area contributed by atoms with Gasteiger partial charge in [0, 0.05) is 23.7 Å². The summed E-state index contributed by atoms with van der Waals surface area (Å²) in [5.74, 6) is 0. The fraction of sp³-hybridized carbons (Fsp3) is 0.182. The molecule has 1 heterocycles. The topological polar surface area (TPSA) is 46.4 Å². The van der Waals surface area contributed by atoms with Gasteiger partial charge in [0.25, 0.3) is 0 Å². The van der Waals surface area contributed by atoms with Crippen LogP contribution in [-0.4, -0.2) is 18.3 Å². The number of aliphatic hydroxyl groups excluding tert-OH is 1. The quantitative estimate of drug-likeness (QED) is 0.721. The van der Waals surface area contributed by atoms with Gasteiger partial charge in [-0.25, -0.2) is 4.98 Å². The Balaban J connectivity index is 0.00000128. The van der Waals surface area contributed by atoms with Crippen LogP contribution in [0.15, 0.2) is 30.5 Å². The van der Waals surface area contributed by atoms with E-state index in [0.717, 1.165) is 16.6 Å². The molecular weight excluding hydrogens is 247 g/mol. The monoisotopic (exact) mass is 258 g/mol. The average molecular weight is 259 g/mol. The van der Waals surface area contributed by atoms with Gasteiger partial charge in [0.15, 0.2) is 6.20 Å². The first-order chi connectivity index (χ1) is 7.31. The van der Waals surface area contributed by atoms with Crippen LogP contribution in [0.5, 0.6) is 0 Å². The molecule has 2 aromatic rings. The lowest BCUT2D eigenvalue weighted by Gasteiger charge is -2.05. The summed E-state index contributed by atoms with van der Waals surface area (Å²) >= 11 is 5.89. The Hall–Kier alpha value is -1.03. The van der Waals surface area contributed by atoms with Gasteiger partial charge in [-0.1, -0.05) is 11.6 Å². The Bertz CT molecular complexity index is 476. The third-order valence-corrected chi connectivity index (χ3v) is 2.42. The number of halogens is 2. The van der Waals surface area contributed by atoms with Crippen molar-refractivity contribution < 1.29 is 22.5 Å². The zero-order valence-electron chi connectivity index (χ0n) is 8.50. The molecule has 1 aromatic heterocycles. The van der Waals surface area contributed by atoms with E-state index in [-0.39, 0.29) is 19.0 Å². The van der Waals surface area contributed by atoms with Crippen LogP contribution in [0.2, 0.25) is 5.02 Å². The molecule has 1 aromatic carbocycles. The normalized spacial score (nSPS) is 9.88. The number of pyridine rings is 1. The summed E-state index contributed by atoms with van der Waals surface area (Å²) in [6.45, 7) is 0.662. The maximum Gasteiger partial charge on any atom is 0.214 e. The van der Waals surface area contributed by atoms with Gasteiger partial charge in [-0.3, -0.25) is 0 Å². The first kappa shape index (κ1) is 13.0. The predicted octanol–water partition coefficient (Wildman–Crippen LogP) is -1.28. The predicted molar refractivity (Wildman–Crippen MR) is 61.1 cm³/mol. The van der Waals surface area contributed by atoms with Crippen LogP contribution in [0.3, 0.4) is 0 Å². The summed E-state index contributed by atoms with van der Waals surface area (Å²) in [5.41, 5.74) is 1.97. The highest BCUT2D eigenvalue weighted by Gasteiger charge is 2.05. The molecule has 0 saturated carbocycles. The summed E-state index contributed by atoms with van der Waals surface area (Å²) in [6.07, 6.45) is 1.85. The summed E-state index contributed by atoms with van der Waals surface area (Å²) in [7, 11) is 0. The van der Waals surface area contributed by atoms with Crippen molar-refractivity contribution in [1.82, 2.24) is 0 Å². The zero-order valence-corrected chi connectivity index (χ0v) is 10.0. The van der Waals surface area contributed by atoms with E-state index >= 15 is 0 Å². The molecule has 0 bridgehead atoms. The number of hydrogen-bond donors (Lipinski definition) is 2. The van der Waals surface area contributed by atoms with E-state index in [4.69, 9.17) is 16.7 Å². The van der Waals surface area contributed by atoms with Crippen LogP contribution >= 0.6 is 11.6 Å². The number of fused-ring (bicyclic) bond motifs is 1. The van der Waals surface area contributed by atoms with E-state index < -0.39 is 0 Å². The van der Waals surface area contributed by atoms with Gasteiger partial charge >= 0.3 is 0 Å². The summed E-state index contributed by atoms with van der Waals surface area (Å²) in [4.78, 5) is 3.12.